The van der Waals surface area contributed by atoms with Crippen molar-refractivity contribution in [1.29, 1.82) is 0 Å². The molecule has 0 aliphatic heterocycles. The quantitative estimate of drug-likeness (QED) is 0.689. The van der Waals surface area contributed by atoms with Crippen molar-refractivity contribution in [2.45, 2.75) is 6.92 Å². The zero-order valence-corrected chi connectivity index (χ0v) is 8.58. The third-order valence-corrected chi connectivity index (χ3v) is 0.451. The smallest absolute Gasteiger partial charge is 0.317 e. The van der Waals surface area contributed by atoms with E-state index in [1.54, 1.807) is 19.0 Å². The zero-order chi connectivity index (χ0) is 8.57. The number of hydrogen-bond donors (Lipinski definition) is 1. The van der Waals surface area contributed by atoms with Gasteiger partial charge in [-0.1, -0.05) is 6.92 Å². The zero-order valence-electron chi connectivity index (χ0n) is 7.00. The van der Waals surface area contributed by atoms with Crippen LogP contribution in [0, 0.1) is 0 Å². The molecule has 0 unspecified atom stereocenters. The molecule has 1 N–H and O–H groups in total. The van der Waals surface area contributed by atoms with Gasteiger partial charge < -0.3 is 5.11 Å². The minimum Gasteiger partial charge on any atom is -0.480 e. The van der Waals surface area contributed by atoms with E-state index in [4.69, 9.17) is 16.7 Å². The fourth-order valence-corrected chi connectivity index (χ4v) is 0.271. The van der Waals surface area contributed by atoms with Crippen LogP contribution in [0.3, 0.4) is 0 Å². The Balaban J connectivity index is -0.000000140. The number of carbonyl (C=O) groups is 1. The summed E-state index contributed by atoms with van der Waals surface area (Å²) < 4.78 is 0. The van der Waals surface area contributed by atoms with Gasteiger partial charge in [0.1, 0.15) is 0 Å². The number of rotatable bonds is 2. The molecule has 0 aliphatic carbocycles. The van der Waals surface area contributed by atoms with E-state index in [-0.39, 0.29) is 19.0 Å². The van der Waals surface area contributed by atoms with Crippen LogP contribution in [0.25, 0.3) is 0 Å². The molecule has 0 radical (unpaired) electrons. The van der Waals surface area contributed by atoms with E-state index in [2.05, 4.69) is 0 Å². The monoisotopic (exact) mass is 203 g/mol. The first-order valence-corrected chi connectivity index (χ1v) is 3.50. The third kappa shape index (κ3) is 39.9. The molecule has 11 heavy (non-hydrogen) atoms. The van der Waals surface area contributed by atoms with Gasteiger partial charge in [-0.25, -0.2) is 0 Å². The Labute approximate surface area is 78.7 Å². The second-order valence-electron chi connectivity index (χ2n) is 1.90. The van der Waals surface area contributed by atoms with Crippen molar-refractivity contribution in [2.75, 3.05) is 26.5 Å². The topological polar surface area (TPSA) is 40.5 Å². The first kappa shape index (κ1) is 17.2. The van der Waals surface area contributed by atoms with Gasteiger partial charge >= 0.3 is 5.97 Å². The highest BCUT2D eigenvalue weighted by atomic mass is 35.5. The average Bonchev–Trinajstić information content (AvgIpc) is 1.62. The number of nitrogens with zero attached hydrogens (tertiary/aromatic N) is 1. The summed E-state index contributed by atoms with van der Waals surface area (Å²) in [6.07, 6.45) is 0. The first-order valence-electron chi connectivity index (χ1n) is 2.97. The largest absolute Gasteiger partial charge is 0.480 e. The van der Waals surface area contributed by atoms with Crippen LogP contribution < -0.4 is 0 Å². The van der Waals surface area contributed by atoms with Gasteiger partial charge in [0.05, 0.1) is 6.54 Å². The highest BCUT2D eigenvalue weighted by molar-refractivity contribution is 6.17. The molecule has 0 fully saturated rings. The molecule has 5 heteroatoms. The van der Waals surface area contributed by atoms with Crippen LogP contribution in [0.2, 0.25) is 0 Å². The lowest BCUT2D eigenvalue weighted by Gasteiger charge is -2.01. The van der Waals surface area contributed by atoms with Crippen molar-refractivity contribution >= 4 is 30.0 Å². The third-order valence-electron chi connectivity index (χ3n) is 0.451. The van der Waals surface area contributed by atoms with Crippen LogP contribution in [0.15, 0.2) is 0 Å². The number of aliphatic carboxylic acids is 1. The van der Waals surface area contributed by atoms with Crippen molar-refractivity contribution < 1.29 is 9.90 Å². The molecule has 0 saturated heterocycles. The summed E-state index contributed by atoms with van der Waals surface area (Å²) in [7, 11) is 3.43. The lowest BCUT2D eigenvalue weighted by Crippen LogP contribution is -2.20. The molecule has 0 heterocycles. The molecular formula is C6H15Cl2NO2. The molecule has 0 spiro atoms. The number of alkyl halides is 1. The maximum Gasteiger partial charge on any atom is 0.317 e. The van der Waals surface area contributed by atoms with Crippen molar-refractivity contribution in [3.63, 3.8) is 0 Å². The molecule has 0 bridgehead atoms. The van der Waals surface area contributed by atoms with Crippen molar-refractivity contribution in [3.05, 3.63) is 0 Å². The highest BCUT2D eigenvalue weighted by Gasteiger charge is 1.94. The van der Waals surface area contributed by atoms with Gasteiger partial charge in [0.15, 0.2) is 0 Å². The van der Waals surface area contributed by atoms with Crippen molar-refractivity contribution in [2.24, 2.45) is 0 Å². The van der Waals surface area contributed by atoms with E-state index in [1.807, 2.05) is 6.92 Å². The molecule has 0 saturated carbocycles. The Kier molecular flexibility index (Phi) is 19.8. The summed E-state index contributed by atoms with van der Waals surface area (Å²) >= 11 is 5.00. The lowest BCUT2D eigenvalue weighted by molar-refractivity contribution is -0.137. The van der Waals surface area contributed by atoms with E-state index in [0.717, 1.165) is 5.88 Å². The summed E-state index contributed by atoms with van der Waals surface area (Å²) in [4.78, 5) is 11.4. The van der Waals surface area contributed by atoms with Gasteiger partial charge in [0, 0.05) is 5.88 Å². The minimum atomic E-state index is -0.787. The second kappa shape index (κ2) is 12.7. The van der Waals surface area contributed by atoms with E-state index in [1.165, 1.54) is 0 Å². The average molecular weight is 204 g/mol. The molecule has 0 rings (SSSR count). The van der Waals surface area contributed by atoms with Gasteiger partial charge in [-0.2, -0.15) is 0 Å². The molecule has 0 aromatic heterocycles. The molecule has 70 valence electrons. The van der Waals surface area contributed by atoms with E-state index in [0.29, 0.717) is 0 Å². The Hall–Kier alpha value is 0.01000. The van der Waals surface area contributed by atoms with Gasteiger partial charge in [-0.15, -0.1) is 24.0 Å². The molecule has 3 nitrogen and oxygen atoms in total. The lowest BCUT2D eigenvalue weighted by atomic mass is 10.6. The normalized spacial score (nSPS) is 7.73. The van der Waals surface area contributed by atoms with E-state index >= 15 is 0 Å². The van der Waals surface area contributed by atoms with Crippen molar-refractivity contribution in [3.8, 4) is 0 Å². The first-order chi connectivity index (χ1) is 4.54. The van der Waals surface area contributed by atoms with E-state index < -0.39 is 5.97 Å². The highest BCUT2D eigenvalue weighted by Crippen LogP contribution is 1.69. The second-order valence-corrected chi connectivity index (χ2v) is 2.43. The molecule has 0 aromatic rings. The summed E-state index contributed by atoms with van der Waals surface area (Å²) in [6, 6.07) is 0. The minimum absolute atomic E-state index is 0. The van der Waals surface area contributed by atoms with Crippen LogP contribution in [-0.2, 0) is 4.79 Å². The van der Waals surface area contributed by atoms with Crippen LogP contribution in [0.1, 0.15) is 6.92 Å². The predicted octanol–water partition coefficient (Wildman–Crippen LogP) is 1.30. The fourth-order valence-electron chi connectivity index (χ4n) is 0.271. The van der Waals surface area contributed by atoms with E-state index in [9.17, 15) is 4.79 Å². The predicted molar refractivity (Wildman–Crippen MR) is 49.8 cm³/mol. The summed E-state index contributed by atoms with van der Waals surface area (Å²) in [5.41, 5.74) is 0. The molecule has 0 aliphatic rings. The Bertz CT molecular complexity index is 88.7. The summed E-state index contributed by atoms with van der Waals surface area (Å²) in [6.45, 7) is 2.00. The Morgan fingerprint density at radius 1 is 1.55 bits per heavy atom. The van der Waals surface area contributed by atoms with Crippen LogP contribution in [0.5, 0.6) is 0 Å². The van der Waals surface area contributed by atoms with Gasteiger partial charge in [-0.3, -0.25) is 9.69 Å². The van der Waals surface area contributed by atoms with Gasteiger partial charge in [0.25, 0.3) is 0 Å². The molecule has 0 atom stereocenters. The van der Waals surface area contributed by atoms with Crippen LogP contribution in [-0.4, -0.2) is 42.5 Å². The summed E-state index contributed by atoms with van der Waals surface area (Å²) in [5, 5.41) is 8.04. The van der Waals surface area contributed by atoms with Gasteiger partial charge in [0.2, 0.25) is 0 Å². The standard InChI is InChI=1S/C4H9NO2.C2H5Cl.ClH/c1-5(2)3-4(6)7;1-2-3;/h3H2,1-2H3,(H,6,7);2H2,1H3;1H. The van der Waals surface area contributed by atoms with Crippen LogP contribution >= 0.6 is 24.0 Å². The molecular weight excluding hydrogens is 189 g/mol. The number of hydrogen-bond acceptors (Lipinski definition) is 2. The maximum atomic E-state index is 9.77. The number of likely N-dealkylation sites (N-methyl/N-ethyl adjacent to an activating group) is 1. The number of carboxylic acids is 1. The Morgan fingerprint density at radius 2 is 1.82 bits per heavy atom. The van der Waals surface area contributed by atoms with Crippen molar-refractivity contribution in [1.82, 2.24) is 4.90 Å². The SMILES string of the molecule is CCCl.CN(C)CC(=O)O.Cl. The Morgan fingerprint density at radius 3 is 1.82 bits per heavy atom. The van der Waals surface area contributed by atoms with Gasteiger partial charge in [-0.05, 0) is 14.1 Å². The molecule has 0 amide bonds. The number of carboxylic acid groups (broad SMARTS) is 1. The molecule has 0 aromatic carbocycles. The number of halogens is 2. The van der Waals surface area contributed by atoms with Crippen LogP contribution in [0.4, 0.5) is 0 Å². The fraction of sp³-hybridized carbons (Fsp3) is 0.833. The maximum absolute atomic E-state index is 9.77. The summed E-state index contributed by atoms with van der Waals surface area (Å²) in [5.74, 6) is -0.0648.